The molecule has 23 heavy (non-hydrogen) atoms. The molecule has 1 saturated heterocycles. The summed E-state index contributed by atoms with van der Waals surface area (Å²) >= 11 is 0. The molecule has 4 heteroatoms. The molecule has 0 aromatic heterocycles. The van der Waals surface area contributed by atoms with Crippen molar-refractivity contribution in [3.8, 4) is 0 Å². The highest BCUT2D eigenvalue weighted by Gasteiger charge is 2.30. The number of quaternary nitrogens is 1. The van der Waals surface area contributed by atoms with Gasteiger partial charge in [0.1, 0.15) is 0 Å². The second-order valence-corrected chi connectivity index (χ2v) is 6.90. The number of aryl methyl sites for hydroxylation is 1. The number of amides is 1. The number of rotatable bonds is 5. The number of hydrogen-bond acceptors (Lipinski definition) is 1. The van der Waals surface area contributed by atoms with Crippen LogP contribution >= 0.6 is 0 Å². The van der Waals surface area contributed by atoms with E-state index in [9.17, 15) is 4.79 Å². The fraction of sp³-hybridized carbons (Fsp3) is 0.632. The molecule has 3 nitrogen and oxygen atoms in total. The average Bonchev–Trinajstić information content (AvgIpc) is 3.10. The molecule has 1 aliphatic carbocycles. The Bertz CT molecular complexity index is 466. The lowest BCUT2D eigenvalue weighted by molar-refractivity contribution is -0.904. The van der Waals surface area contributed by atoms with Crippen LogP contribution in [0, 0.1) is 5.92 Å². The third-order valence-corrected chi connectivity index (χ3v) is 5.33. The minimum Gasteiger partial charge on any atom is -1.00 e. The van der Waals surface area contributed by atoms with Crippen molar-refractivity contribution < 1.29 is 22.1 Å². The molecule has 2 aliphatic rings. The molecule has 0 radical (unpaired) electrons. The molecule has 1 aliphatic heterocycles. The van der Waals surface area contributed by atoms with Gasteiger partial charge in [-0.2, -0.15) is 0 Å². The second-order valence-electron chi connectivity index (χ2n) is 6.90. The molecule has 1 aromatic carbocycles. The van der Waals surface area contributed by atoms with Crippen molar-refractivity contribution in [1.82, 2.24) is 4.90 Å². The van der Waals surface area contributed by atoms with Gasteiger partial charge in [-0.05, 0) is 24.8 Å². The Morgan fingerprint density at radius 3 is 2.39 bits per heavy atom. The largest absolute Gasteiger partial charge is 1.00 e. The first-order valence-electron chi connectivity index (χ1n) is 8.99. The summed E-state index contributed by atoms with van der Waals surface area (Å²) in [5, 5.41) is 0. The standard InChI is InChI=1S/C19H28N2O.ClH/c22-19(18-10-4-5-11-18)21-15-13-20(14-16-21)12-6-9-17-7-2-1-3-8-17;/h1-3,7-8,18H,4-6,9-16H2;1H. The van der Waals surface area contributed by atoms with Crippen LogP contribution in [0.25, 0.3) is 0 Å². The summed E-state index contributed by atoms with van der Waals surface area (Å²) < 4.78 is 0. The molecule has 1 aromatic rings. The van der Waals surface area contributed by atoms with Crippen LogP contribution < -0.4 is 17.3 Å². The lowest BCUT2D eigenvalue weighted by atomic mass is 10.1. The van der Waals surface area contributed by atoms with Gasteiger partial charge in [-0.3, -0.25) is 4.79 Å². The Morgan fingerprint density at radius 2 is 1.74 bits per heavy atom. The Kier molecular flexibility index (Phi) is 7.38. The van der Waals surface area contributed by atoms with Crippen molar-refractivity contribution in [2.45, 2.75) is 38.5 Å². The molecule has 0 unspecified atom stereocenters. The first kappa shape index (κ1) is 18.3. The van der Waals surface area contributed by atoms with E-state index >= 15 is 0 Å². The molecule has 1 amide bonds. The summed E-state index contributed by atoms with van der Waals surface area (Å²) in [6, 6.07) is 10.8. The van der Waals surface area contributed by atoms with Gasteiger partial charge in [-0.25, -0.2) is 0 Å². The average molecular weight is 337 g/mol. The number of nitrogens with one attached hydrogen (secondary N) is 1. The SMILES string of the molecule is O=C(C1CCCC1)N1CC[NH+](CCCc2ccccc2)CC1.[Cl-]. The number of carbonyl (C=O) groups excluding carboxylic acids is 1. The van der Waals surface area contributed by atoms with Crippen LogP contribution in [0.5, 0.6) is 0 Å². The van der Waals surface area contributed by atoms with Gasteiger partial charge in [-0.1, -0.05) is 43.2 Å². The van der Waals surface area contributed by atoms with Gasteiger partial charge in [-0.15, -0.1) is 0 Å². The zero-order chi connectivity index (χ0) is 15.2. The zero-order valence-electron chi connectivity index (χ0n) is 14.0. The van der Waals surface area contributed by atoms with Gasteiger partial charge in [0.25, 0.3) is 0 Å². The quantitative estimate of drug-likeness (QED) is 0.698. The van der Waals surface area contributed by atoms with Gasteiger partial charge in [0.05, 0.1) is 32.7 Å². The van der Waals surface area contributed by atoms with E-state index in [2.05, 4.69) is 35.2 Å². The van der Waals surface area contributed by atoms with E-state index in [0.29, 0.717) is 11.8 Å². The summed E-state index contributed by atoms with van der Waals surface area (Å²) in [4.78, 5) is 16.2. The molecular formula is C19H29ClN2O. The lowest BCUT2D eigenvalue weighted by Gasteiger charge is -2.33. The van der Waals surface area contributed by atoms with Crippen molar-refractivity contribution >= 4 is 5.91 Å². The summed E-state index contributed by atoms with van der Waals surface area (Å²) in [6.07, 6.45) is 7.18. The van der Waals surface area contributed by atoms with Crippen LogP contribution in [-0.4, -0.2) is 43.5 Å². The first-order chi connectivity index (χ1) is 10.8. The lowest BCUT2D eigenvalue weighted by Crippen LogP contribution is -3.14. The summed E-state index contributed by atoms with van der Waals surface area (Å²) in [5.74, 6) is 0.792. The predicted octanol–water partition coefficient (Wildman–Crippen LogP) is -1.46. The smallest absolute Gasteiger partial charge is 0.226 e. The molecule has 0 bridgehead atoms. The van der Waals surface area contributed by atoms with Crippen molar-refractivity contribution in [2.75, 3.05) is 32.7 Å². The molecule has 0 spiro atoms. The van der Waals surface area contributed by atoms with Crippen LogP contribution in [0.2, 0.25) is 0 Å². The fourth-order valence-corrected chi connectivity index (χ4v) is 3.91. The summed E-state index contributed by atoms with van der Waals surface area (Å²) in [5.41, 5.74) is 1.44. The van der Waals surface area contributed by atoms with Crippen LogP contribution in [0.1, 0.15) is 37.7 Å². The Balaban J connectivity index is 0.00000192. The maximum atomic E-state index is 12.4. The number of hydrogen-bond donors (Lipinski definition) is 1. The minimum absolute atomic E-state index is 0. The highest BCUT2D eigenvalue weighted by atomic mass is 35.5. The Hall–Kier alpha value is -1.06. The summed E-state index contributed by atoms with van der Waals surface area (Å²) in [6.45, 7) is 5.44. The molecule has 0 atom stereocenters. The number of benzene rings is 1. The van der Waals surface area contributed by atoms with E-state index in [1.165, 1.54) is 37.8 Å². The van der Waals surface area contributed by atoms with Crippen molar-refractivity contribution in [1.29, 1.82) is 0 Å². The third-order valence-electron chi connectivity index (χ3n) is 5.33. The monoisotopic (exact) mass is 336 g/mol. The van der Waals surface area contributed by atoms with E-state index in [1.54, 1.807) is 4.90 Å². The highest BCUT2D eigenvalue weighted by molar-refractivity contribution is 5.79. The topological polar surface area (TPSA) is 24.8 Å². The molecule has 1 N–H and O–H groups in total. The normalized spacial score (nSPS) is 19.6. The van der Waals surface area contributed by atoms with Gasteiger partial charge in [0.15, 0.2) is 0 Å². The van der Waals surface area contributed by atoms with E-state index in [4.69, 9.17) is 0 Å². The number of carbonyl (C=O) groups is 1. The van der Waals surface area contributed by atoms with E-state index in [-0.39, 0.29) is 12.4 Å². The minimum atomic E-state index is 0. The first-order valence-corrected chi connectivity index (χ1v) is 8.99. The van der Waals surface area contributed by atoms with Gasteiger partial charge >= 0.3 is 0 Å². The fourth-order valence-electron chi connectivity index (χ4n) is 3.91. The Morgan fingerprint density at radius 1 is 1.09 bits per heavy atom. The maximum Gasteiger partial charge on any atom is 0.226 e. The number of nitrogens with zero attached hydrogens (tertiary/aromatic N) is 1. The van der Waals surface area contributed by atoms with Gasteiger partial charge in [0, 0.05) is 12.3 Å². The zero-order valence-corrected chi connectivity index (χ0v) is 14.7. The van der Waals surface area contributed by atoms with Crippen LogP contribution in [0.4, 0.5) is 0 Å². The number of piperazine rings is 1. The second kappa shape index (κ2) is 9.29. The van der Waals surface area contributed by atoms with Crippen LogP contribution in [-0.2, 0) is 11.2 Å². The highest BCUT2D eigenvalue weighted by Crippen LogP contribution is 2.26. The third kappa shape index (κ3) is 5.22. The Labute approximate surface area is 146 Å². The molecule has 1 saturated carbocycles. The predicted molar refractivity (Wildman–Crippen MR) is 88.9 cm³/mol. The van der Waals surface area contributed by atoms with Crippen LogP contribution in [0.15, 0.2) is 30.3 Å². The van der Waals surface area contributed by atoms with Crippen molar-refractivity contribution in [3.63, 3.8) is 0 Å². The molecule has 3 rings (SSSR count). The van der Waals surface area contributed by atoms with E-state index < -0.39 is 0 Å². The number of halogens is 1. The van der Waals surface area contributed by atoms with Crippen molar-refractivity contribution in [3.05, 3.63) is 35.9 Å². The summed E-state index contributed by atoms with van der Waals surface area (Å²) in [7, 11) is 0. The van der Waals surface area contributed by atoms with Gasteiger partial charge in [0.2, 0.25) is 5.91 Å². The van der Waals surface area contributed by atoms with E-state index in [1.807, 2.05) is 0 Å². The molecule has 1 heterocycles. The van der Waals surface area contributed by atoms with Crippen LogP contribution in [0.3, 0.4) is 0 Å². The molecule has 2 fully saturated rings. The van der Waals surface area contributed by atoms with Gasteiger partial charge < -0.3 is 22.2 Å². The van der Waals surface area contributed by atoms with Crippen molar-refractivity contribution in [2.24, 2.45) is 5.92 Å². The maximum absolute atomic E-state index is 12.4. The molecule has 128 valence electrons. The van der Waals surface area contributed by atoms with E-state index in [0.717, 1.165) is 39.0 Å². The molecular weight excluding hydrogens is 308 g/mol.